The van der Waals surface area contributed by atoms with Crippen molar-refractivity contribution in [1.29, 1.82) is 0 Å². The summed E-state index contributed by atoms with van der Waals surface area (Å²) in [5.41, 5.74) is 0.439. The third kappa shape index (κ3) is 2.19. The molecule has 0 bridgehead atoms. The number of likely N-dealkylation sites (tertiary alicyclic amines) is 1. The Morgan fingerprint density at radius 2 is 2.06 bits per heavy atom. The SMILES string of the molecule is CC1CN(C(=O)c2cc(Cl)ccn2)CC1C. The lowest BCUT2D eigenvalue weighted by molar-refractivity contribution is 0.0779. The van der Waals surface area contributed by atoms with Gasteiger partial charge in [-0.15, -0.1) is 0 Å². The topological polar surface area (TPSA) is 33.2 Å². The number of pyridine rings is 1. The molecule has 2 unspecified atom stereocenters. The van der Waals surface area contributed by atoms with Gasteiger partial charge in [-0.05, 0) is 24.0 Å². The van der Waals surface area contributed by atoms with E-state index >= 15 is 0 Å². The maximum atomic E-state index is 12.1. The highest BCUT2D eigenvalue weighted by atomic mass is 35.5. The Hall–Kier alpha value is -1.09. The first-order valence-electron chi connectivity index (χ1n) is 5.48. The van der Waals surface area contributed by atoms with E-state index in [0.717, 1.165) is 13.1 Å². The highest BCUT2D eigenvalue weighted by molar-refractivity contribution is 6.30. The fraction of sp³-hybridized carbons (Fsp3) is 0.500. The first-order chi connectivity index (χ1) is 7.58. The third-order valence-corrected chi connectivity index (χ3v) is 3.45. The number of carbonyl (C=O) groups excluding carboxylic acids is 1. The Morgan fingerprint density at radius 3 is 2.62 bits per heavy atom. The van der Waals surface area contributed by atoms with Gasteiger partial charge in [0.1, 0.15) is 5.69 Å². The van der Waals surface area contributed by atoms with Crippen molar-refractivity contribution in [3.8, 4) is 0 Å². The molecule has 0 spiro atoms. The zero-order chi connectivity index (χ0) is 11.7. The highest BCUT2D eigenvalue weighted by Crippen LogP contribution is 2.23. The number of carbonyl (C=O) groups is 1. The van der Waals surface area contributed by atoms with Crippen LogP contribution in [0, 0.1) is 11.8 Å². The van der Waals surface area contributed by atoms with Crippen LogP contribution in [0.3, 0.4) is 0 Å². The van der Waals surface area contributed by atoms with Gasteiger partial charge in [-0.25, -0.2) is 0 Å². The van der Waals surface area contributed by atoms with Crippen LogP contribution in [0.4, 0.5) is 0 Å². The summed E-state index contributed by atoms with van der Waals surface area (Å²) in [4.78, 5) is 18.0. The number of nitrogens with zero attached hydrogens (tertiary/aromatic N) is 2. The lowest BCUT2D eigenvalue weighted by Crippen LogP contribution is -2.29. The van der Waals surface area contributed by atoms with Crippen LogP contribution in [0.15, 0.2) is 18.3 Å². The van der Waals surface area contributed by atoms with E-state index < -0.39 is 0 Å². The van der Waals surface area contributed by atoms with E-state index in [0.29, 0.717) is 22.6 Å². The Labute approximate surface area is 100 Å². The largest absolute Gasteiger partial charge is 0.337 e. The van der Waals surface area contributed by atoms with Crippen molar-refractivity contribution in [2.45, 2.75) is 13.8 Å². The Balaban J connectivity index is 2.14. The molecule has 1 saturated heterocycles. The molecule has 1 aromatic rings. The van der Waals surface area contributed by atoms with Crippen molar-refractivity contribution in [1.82, 2.24) is 9.88 Å². The lowest BCUT2D eigenvalue weighted by atomic mass is 10.0. The predicted molar refractivity (Wildman–Crippen MR) is 63.5 cm³/mol. The van der Waals surface area contributed by atoms with E-state index in [1.165, 1.54) is 0 Å². The molecule has 2 atom stereocenters. The molecule has 86 valence electrons. The molecular formula is C12H15ClN2O. The smallest absolute Gasteiger partial charge is 0.272 e. The molecule has 1 fully saturated rings. The second-order valence-electron chi connectivity index (χ2n) is 4.52. The highest BCUT2D eigenvalue weighted by Gasteiger charge is 2.30. The van der Waals surface area contributed by atoms with Crippen molar-refractivity contribution in [2.24, 2.45) is 11.8 Å². The van der Waals surface area contributed by atoms with Gasteiger partial charge in [-0.3, -0.25) is 9.78 Å². The van der Waals surface area contributed by atoms with E-state index in [-0.39, 0.29) is 5.91 Å². The van der Waals surface area contributed by atoms with Gasteiger partial charge in [0.2, 0.25) is 0 Å². The zero-order valence-electron chi connectivity index (χ0n) is 9.48. The summed E-state index contributed by atoms with van der Waals surface area (Å²) >= 11 is 5.84. The van der Waals surface area contributed by atoms with Crippen LogP contribution in [0.2, 0.25) is 5.02 Å². The summed E-state index contributed by atoms with van der Waals surface area (Å²) < 4.78 is 0. The van der Waals surface area contributed by atoms with Gasteiger partial charge in [-0.1, -0.05) is 25.4 Å². The number of halogens is 1. The molecule has 1 aliphatic rings. The molecule has 2 rings (SSSR count). The van der Waals surface area contributed by atoms with Crippen LogP contribution in [-0.2, 0) is 0 Å². The molecule has 3 nitrogen and oxygen atoms in total. The molecule has 0 aromatic carbocycles. The predicted octanol–water partition coefficient (Wildman–Crippen LogP) is 2.46. The normalized spacial score (nSPS) is 24.8. The Bertz CT molecular complexity index is 398. The van der Waals surface area contributed by atoms with Gasteiger partial charge in [0.05, 0.1) is 0 Å². The number of rotatable bonds is 1. The molecule has 1 amide bonds. The maximum Gasteiger partial charge on any atom is 0.272 e. The van der Waals surface area contributed by atoms with E-state index in [9.17, 15) is 4.79 Å². The van der Waals surface area contributed by atoms with Gasteiger partial charge in [0.15, 0.2) is 0 Å². The van der Waals surface area contributed by atoms with Crippen LogP contribution < -0.4 is 0 Å². The van der Waals surface area contributed by atoms with Gasteiger partial charge < -0.3 is 4.90 Å². The summed E-state index contributed by atoms with van der Waals surface area (Å²) in [5.74, 6) is 1.10. The summed E-state index contributed by atoms with van der Waals surface area (Å²) in [6.45, 7) is 5.97. The van der Waals surface area contributed by atoms with Crippen LogP contribution >= 0.6 is 11.6 Å². The minimum Gasteiger partial charge on any atom is -0.337 e. The molecule has 0 saturated carbocycles. The summed E-state index contributed by atoms with van der Waals surface area (Å²) in [7, 11) is 0. The van der Waals surface area contributed by atoms with E-state index in [1.54, 1.807) is 18.3 Å². The molecule has 1 aliphatic heterocycles. The first kappa shape index (κ1) is 11.4. The average molecular weight is 239 g/mol. The fourth-order valence-electron chi connectivity index (χ4n) is 1.98. The van der Waals surface area contributed by atoms with Crippen LogP contribution in [0.5, 0.6) is 0 Å². The van der Waals surface area contributed by atoms with Crippen LogP contribution in [-0.4, -0.2) is 28.9 Å². The van der Waals surface area contributed by atoms with E-state index in [4.69, 9.17) is 11.6 Å². The average Bonchev–Trinajstić information content (AvgIpc) is 2.58. The van der Waals surface area contributed by atoms with Crippen LogP contribution in [0.1, 0.15) is 24.3 Å². The quantitative estimate of drug-likeness (QED) is 0.753. The lowest BCUT2D eigenvalue weighted by Gasteiger charge is -2.15. The van der Waals surface area contributed by atoms with Crippen molar-refractivity contribution < 1.29 is 4.79 Å². The second kappa shape index (κ2) is 4.42. The number of hydrogen-bond donors (Lipinski definition) is 0. The molecule has 0 radical (unpaired) electrons. The van der Waals surface area contributed by atoms with Crippen molar-refractivity contribution in [3.63, 3.8) is 0 Å². The monoisotopic (exact) mass is 238 g/mol. The number of hydrogen-bond acceptors (Lipinski definition) is 2. The summed E-state index contributed by atoms with van der Waals surface area (Å²) in [6, 6.07) is 3.30. The molecule has 2 heterocycles. The summed E-state index contributed by atoms with van der Waals surface area (Å²) in [5, 5.41) is 0.554. The second-order valence-corrected chi connectivity index (χ2v) is 4.96. The van der Waals surface area contributed by atoms with Gasteiger partial charge in [0.25, 0.3) is 5.91 Å². The standard InChI is InChI=1S/C12H15ClN2O/c1-8-6-15(7-9(8)2)12(16)11-5-10(13)3-4-14-11/h3-5,8-9H,6-7H2,1-2H3. The van der Waals surface area contributed by atoms with E-state index in [1.807, 2.05) is 4.90 Å². The van der Waals surface area contributed by atoms with Gasteiger partial charge >= 0.3 is 0 Å². The zero-order valence-corrected chi connectivity index (χ0v) is 10.2. The minimum absolute atomic E-state index is 0.0151. The van der Waals surface area contributed by atoms with Gasteiger partial charge in [-0.2, -0.15) is 0 Å². The number of amides is 1. The van der Waals surface area contributed by atoms with Crippen molar-refractivity contribution in [3.05, 3.63) is 29.0 Å². The summed E-state index contributed by atoms with van der Waals surface area (Å²) in [6.07, 6.45) is 1.57. The minimum atomic E-state index is -0.0151. The van der Waals surface area contributed by atoms with E-state index in [2.05, 4.69) is 18.8 Å². The third-order valence-electron chi connectivity index (χ3n) is 3.22. The molecule has 1 aromatic heterocycles. The Kier molecular flexibility index (Phi) is 3.15. The fourth-order valence-corrected chi connectivity index (χ4v) is 2.14. The Morgan fingerprint density at radius 1 is 1.44 bits per heavy atom. The van der Waals surface area contributed by atoms with Crippen LogP contribution in [0.25, 0.3) is 0 Å². The van der Waals surface area contributed by atoms with Crippen molar-refractivity contribution >= 4 is 17.5 Å². The molecule has 0 aliphatic carbocycles. The molecule has 4 heteroatoms. The molecular weight excluding hydrogens is 224 g/mol. The molecule has 0 N–H and O–H groups in total. The van der Waals surface area contributed by atoms with Gasteiger partial charge in [0, 0.05) is 24.3 Å². The first-order valence-corrected chi connectivity index (χ1v) is 5.86. The van der Waals surface area contributed by atoms with Crippen molar-refractivity contribution in [2.75, 3.05) is 13.1 Å². The number of aromatic nitrogens is 1. The molecule has 16 heavy (non-hydrogen) atoms. The maximum absolute atomic E-state index is 12.1.